The van der Waals surface area contributed by atoms with Crippen LogP contribution in [0.15, 0.2) is 6.20 Å². The van der Waals surface area contributed by atoms with E-state index < -0.39 is 5.82 Å². The lowest BCUT2D eigenvalue weighted by Gasteiger charge is -2.16. The lowest BCUT2D eigenvalue weighted by Crippen LogP contribution is -2.22. The number of rotatable bonds is 4. The van der Waals surface area contributed by atoms with Crippen LogP contribution in [0.25, 0.3) is 0 Å². The monoisotopic (exact) mass is 229 g/mol. The Balaban J connectivity index is 2.11. The molecule has 82 valence electrons. The van der Waals surface area contributed by atoms with E-state index in [-0.39, 0.29) is 11.1 Å². The maximum absolute atomic E-state index is 13.3. The lowest BCUT2D eigenvalue weighted by molar-refractivity contribution is 0.584. The Labute approximate surface area is 93.1 Å². The minimum atomic E-state index is -0.446. The van der Waals surface area contributed by atoms with Crippen molar-refractivity contribution in [1.82, 2.24) is 9.97 Å². The summed E-state index contributed by atoms with van der Waals surface area (Å²) in [5, 5.41) is 3.16. The van der Waals surface area contributed by atoms with E-state index in [0.717, 1.165) is 12.6 Å². The molecule has 0 aromatic carbocycles. The molecule has 3 nitrogen and oxygen atoms in total. The molecule has 5 heteroatoms. The van der Waals surface area contributed by atoms with Gasteiger partial charge in [-0.2, -0.15) is 4.98 Å². The van der Waals surface area contributed by atoms with Crippen molar-refractivity contribution in [1.29, 1.82) is 0 Å². The summed E-state index contributed by atoms with van der Waals surface area (Å²) in [6, 6.07) is 0.297. The van der Waals surface area contributed by atoms with Crippen LogP contribution < -0.4 is 5.32 Å². The zero-order valence-electron chi connectivity index (χ0n) is 8.50. The Kier molecular flexibility index (Phi) is 3.05. The van der Waals surface area contributed by atoms with Crippen LogP contribution in [-0.2, 0) is 0 Å². The molecule has 1 atom stereocenters. The molecule has 0 aliphatic heterocycles. The molecule has 1 aromatic heterocycles. The maximum atomic E-state index is 13.3. The predicted molar refractivity (Wildman–Crippen MR) is 57.4 cm³/mol. The SMILES string of the molecule is CCC(Nc1nc(Cl)ncc1F)C1CC1. The van der Waals surface area contributed by atoms with Crippen LogP contribution in [0.2, 0.25) is 5.28 Å². The number of halogens is 2. The van der Waals surface area contributed by atoms with Gasteiger partial charge in [0.15, 0.2) is 11.6 Å². The van der Waals surface area contributed by atoms with Crippen LogP contribution in [0.4, 0.5) is 10.2 Å². The van der Waals surface area contributed by atoms with Gasteiger partial charge in [-0.3, -0.25) is 0 Å². The molecule has 15 heavy (non-hydrogen) atoms. The van der Waals surface area contributed by atoms with Gasteiger partial charge in [0.25, 0.3) is 0 Å². The molecule has 1 aliphatic rings. The Morgan fingerprint density at radius 3 is 3.00 bits per heavy atom. The van der Waals surface area contributed by atoms with Gasteiger partial charge >= 0.3 is 0 Å². The van der Waals surface area contributed by atoms with Crippen molar-refractivity contribution in [3.05, 3.63) is 17.3 Å². The fourth-order valence-electron chi connectivity index (χ4n) is 1.67. The molecule has 1 fully saturated rings. The van der Waals surface area contributed by atoms with Crippen molar-refractivity contribution in [2.75, 3.05) is 5.32 Å². The highest BCUT2D eigenvalue weighted by Crippen LogP contribution is 2.35. The molecule has 1 N–H and O–H groups in total. The topological polar surface area (TPSA) is 37.8 Å². The van der Waals surface area contributed by atoms with Gasteiger partial charge in [0, 0.05) is 6.04 Å². The van der Waals surface area contributed by atoms with Crippen molar-refractivity contribution in [2.45, 2.75) is 32.2 Å². The molecular weight excluding hydrogens is 217 g/mol. The van der Waals surface area contributed by atoms with Crippen LogP contribution in [-0.4, -0.2) is 16.0 Å². The van der Waals surface area contributed by atoms with Gasteiger partial charge in [-0.15, -0.1) is 0 Å². The van der Waals surface area contributed by atoms with E-state index in [1.54, 1.807) is 0 Å². The molecule has 0 amide bonds. The highest BCUT2D eigenvalue weighted by molar-refractivity contribution is 6.28. The first-order valence-electron chi connectivity index (χ1n) is 5.15. The first kappa shape index (κ1) is 10.6. The van der Waals surface area contributed by atoms with Crippen molar-refractivity contribution in [3.8, 4) is 0 Å². The molecular formula is C10H13ClFN3. The van der Waals surface area contributed by atoms with Gasteiger partial charge in [0.05, 0.1) is 6.20 Å². The quantitative estimate of drug-likeness (QED) is 0.807. The molecule has 1 heterocycles. The van der Waals surface area contributed by atoms with Crippen LogP contribution in [0.5, 0.6) is 0 Å². The number of aromatic nitrogens is 2. The zero-order valence-corrected chi connectivity index (χ0v) is 9.26. The van der Waals surface area contributed by atoms with Gasteiger partial charge in [-0.25, -0.2) is 9.37 Å². The summed E-state index contributed by atoms with van der Waals surface area (Å²) in [7, 11) is 0. The smallest absolute Gasteiger partial charge is 0.224 e. The van der Waals surface area contributed by atoms with Crippen LogP contribution in [0.1, 0.15) is 26.2 Å². The van der Waals surface area contributed by atoms with Crippen molar-refractivity contribution >= 4 is 17.4 Å². The second-order valence-corrected chi connectivity index (χ2v) is 4.17. The lowest BCUT2D eigenvalue weighted by atomic mass is 10.1. The maximum Gasteiger partial charge on any atom is 0.224 e. The van der Waals surface area contributed by atoms with E-state index in [0.29, 0.717) is 12.0 Å². The molecule has 1 saturated carbocycles. The summed E-state index contributed by atoms with van der Waals surface area (Å²) in [6.45, 7) is 2.08. The summed E-state index contributed by atoms with van der Waals surface area (Å²) in [5.74, 6) is 0.426. The Morgan fingerprint density at radius 1 is 1.67 bits per heavy atom. The fourth-order valence-corrected chi connectivity index (χ4v) is 1.81. The Morgan fingerprint density at radius 2 is 2.40 bits per heavy atom. The third-order valence-corrected chi connectivity index (χ3v) is 2.85. The highest BCUT2D eigenvalue weighted by atomic mass is 35.5. The average Bonchev–Trinajstić information content (AvgIpc) is 3.03. The Bertz CT molecular complexity index is 355. The van der Waals surface area contributed by atoms with E-state index in [9.17, 15) is 4.39 Å². The molecule has 0 spiro atoms. The minimum absolute atomic E-state index is 0.0737. The molecule has 0 bridgehead atoms. The Hall–Kier alpha value is -0.900. The summed E-state index contributed by atoms with van der Waals surface area (Å²) < 4.78 is 13.3. The first-order chi connectivity index (χ1) is 7.20. The molecule has 0 saturated heterocycles. The van der Waals surface area contributed by atoms with Gasteiger partial charge in [-0.05, 0) is 36.8 Å². The number of hydrogen-bond acceptors (Lipinski definition) is 3. The van der Waals surface area contributed by atoms with E-state index in [1.165, 1.54) is 12.8 Å². The summed E-state index contributed by atoms with van der Waals surface area (Å²) in [5.41, 5.74) is 0. The fraction of sp³-hybridized carbons (Fsp3) is 0.600. The number of nitrogens with one attached hydrogen (secondary N) is 1. The van der Waals surface area contributed by atoms with E-state index in [1.807, 2.05) is 0 Å². The largest absolute Gasteiger partial charge is 0.364 e. The van der Waals surface area contributed by atoms with Gasteiger partial charge in [0.1, 0.15) is 0 Å². The minimum Gasteiger partial charge on any atom is -0.364 e. The molecule has 2 rings (SSSR count). The van der Waals surface area contributed by atoms with E-state index in [4.69, 9.17) is 11.6 Å². The van der Waals surface area contributed by atoms with Crippen molar-refractivity contribution in [3.63, 3.8) is 0 Å². The predicted octanol–water partition coefficient (Wildman–Crippen LogP) is 2.87. The standard InChI is InChI=1S/C10H13ClFN3/c1-2-8(6-3-4-6)14-9-7(12)5-13-10(11)15-9/h5-6,8H,2-4H2,1H3,(H,13,14,15). The zero-order chi connectivity index (χ0) is 10.8. The second-order valence-electron chi connectivity index (χ2n) is 3.83. The van der Waals surface area contributed by atoms with Gasteiger partial charge < -0.3 is 5.32 Å². The van der Waals surface area contributed by atoms with Crippen molar-refractivity contribution < 1.29 is 4.39 Å². The van der Waals surface area contributed by atoms with Crippen LogP contribution in [0, 0.1) is 11.7 Å². The van der Waals surface area contributed by atoms with Gasteiger partial charge in [0.2, 0.25) is 5.28 Å². The molecule has 1 aliphatic carbocycles. The second kappa shape index (κ2) is 4.31. The van der Waals surface area contributed by atoms with Crippen LogP contribution >= 0.6 is 11.6 Å². The normalized spacial score (nSPS) is 17.5. The number of nitrogens with zero attached hydrogens (tertiary/aromatic N) is 2. The summed E-state index contributed by atoms with van der Waals surface area (Å²) >= 11 is 5.61. The van der Waals surface area contributed by atoms with Gasteiger partial charge in [-0.1, -0.05) is 6.92 Å². The number of hydrogen-bond donors (Lipinski definition) is 1. The first-order valence-corrected chi connectivity index (χ1v) is 5.53. The third kappa shape index (κ3) is 2.56. The third-order valence-electron chi connectivity index (χ3n) is 2.67. The summed E-state index contributed by atoms with van der Waals surface area (Å²) in [4.78, 5) is 7.41. The number of anilines is 1. The van der Waals surface area contributed by atoms with E-state index >= 15 is 0 Å². The molecule has 1 aromatic rings. The summed E-state index contributed by atoms with van der Waals surface area (Å²) in [6.07, 6.45) is 4.49. The van der Waals surface area contributed by atoms with E-state index in [2.05, 4.69) is 22.2 Å². The highest BCUT2D eigenvalue weighted by Gasteiger charge is 2.30. The molecule has 0 radical (unpaired) electrons. The molecule has 1 unspecified atom stereocenters. The van der Waals surface area contributed by atoms with Crippen LogP contribution in [0.3, 0.4) is 0 Å². The average molecular weight is 230 g/mol. The van der Waals surface area contributed by atoms with Crippen molar-refractivity contribution in [2.24, 2.45) is 5.92 Å².